The third-order valence-corrected chi connectivity index (χ3v) is 3.82. The first kappa shape index (κ1) is 15.8. The molecular formula is C16H24FN3O. The van der Waals surface area contributed by atoms with Crippen molar-refractivity contribution in [1.82, 2.24) is 10.6 Å². The van der Waals surface area contributed by atoms with Gasteiger partial charge in [-0.05, 0) is 25.0 Å². The number of hydrogen-bond donors (Lipinski definition) is 3. The first-order valence-electron chi connectivity index (χ1n) is 7.78. The molecule has 3 N–H and O–H groups in total. The second kappa shape index (κ2) is 8.62. The Morgan fingerprint density at radius 2 is 1.81 bits per heavy atom. The van der Waals surface area contributed by atoms with Gasteiger partial charge < -0.3 is 16.0 Å². The van der Waals surface area contributed by atoms with Gasteiger partial charge in [0.15, 0.2) is 0 Å². The Bertz CT molecular complexity index is 445. The van der Waals surface area contributed by atoms with Crippen LogP contribution in [0.4, 0.5) is 14.9 Å². The predicted molar refractivity (Wildman–Crippen MR) is 82.9 cm³/mol. The summed E-state index contributed by atoms with van der Waals surface area (Å²) in [5.74, 6) is -0.427. The van der Waals surface area contributed by atoms with E-state index in [2.05, 4.69) is 16.0 Å². The molecular weight excluding hydrogens is 269 g/mol. The van der Waals surface area contributed by atoms with Crippen LogP contribution in [-0.4, -0.2) is 25.2 Å². The summed E-state index contributed by atoms with van der Waals surface area (Å²) in [5, 5.41) is 8.72. The van der Waals surface area contributed by atoms with E-state index in [0.717, 1.165) is 6.54 Å². The quantitative estimate of drug-likeness (QED) is 0.576. The zero-order chi connectivity index (χ0) is 14.9. The summed E-state index contributed by atoms with van der Waals surface area (Å²) in [6.45, 7) is 1.28. The van der Waals surface area contributed by atoms with Crippen molar-refractivity contribution in [1.29, 1.82) is 0 Å². The summed E-state index contributed by atoms with van der Waals surface area (Å²) in [7, 11) is 0. The fraction of sp³-hybridized carbons (Fsp3) is 0.562. The van der Waals surface area contributed by atoms with Gasteiger partial charge in [0.2, 0.25) is 0 Å². The van der Waals surface area contributed by atoms with Crippen molar-refractivity contribution >= 4 is 11.7 Å². The fourth-order valence-corrected chi connectivity index (χ4v) is 2.66. The molecule has 0 radical (unpaired) electrons. The highest BCUT2D eigenvalue weighted by atomic mass is 19.1. The van der Waals surface area contributed by atoms with Crippen molar-refractivity contribution in [2.45, 2.75) is 44.6 Å². The van der Waals surface area contributed by atoms with Crippen LogP contribution in [0, 0.1) is 5.82 Å². The van der Waals surface area contributed by atoms with E-state index in [0.29, 0.717) is 12.6 Å². The molecule has 0 aliphatic heterocycles. The van der Waals surface area contributed by atoms with Crippen molar-refractivity contribution in [2.24, 2.45) is 0 Å². The Morgan fingerprint density at radius 3 is 2.52 bits per heavy atom. The standard InChI is InChI=1S/C16H24FN3O/c17-14-9-5-6-10-15(14)20-16(21)19-12-11-18-13-7-3-1-2-4-8-13/h5-6,9-10,13,18H,1-4,7-8,11-12H2,(H2,19,20,21). The van der Waals surface area contributed by atoms with Gasteiger partial charge in [-0.2, -0.15) is 0 Å². The maximum Gasteiger partial charge on any atom is 0.319 e. The van der Waals surface area contributed by atoms with Gasteiger partial charge in [-0.15, -0.1) is 0 Å². The largest absolute Gasteiger partial charge is 0.337 e. The van der Waals surface area contributed by atoms with Crippen molar-refractivity contribution in [2.75, 3.05) is 18.4 Å². The summed E-state index contributed by atoms with van der Waals surface area (Å²) in [6, 6.07) is 6.34. The number of carbonyl (C=O) groups is 1. The lowest BCUT2D eigenvalue weighted by Gasteiger charge is -2.16. The predicted octanol–water partition coefficient (Wildman–Crippen LogP) is 3.26. The normalized spacial score (nSPS) is 16.2. The molecule has 1 aromatic carbocycles. The van der Waals surface area contributed by atoms with Crippen molar-refractivity contribution in [3.63, 3.8) is 0 Å². The zero-order valence-electron chi connectivity index (χ0n) is 12.3. The van der Waals surface area contributed by atoms with Crippen LogP contribution in [0.15, 0.2) is 24.3 Å². The number of hydrogen-bond acceptors (Lipinski definition) is 2. The maximum atomic E-state index is 13.4. The molecule has 0 aromatic heterocycles. The monoisotopic (exact) mass is 293 g/mol. The molecule has 1 aliphatic carbocycles. The highest BCUT2D eigenvalue weighted by Gasteiger charge is 2.11. The van der Waals surface area contributed by atoms with Crippen molar-refractivity contribution in [3.8, 4) is 0 Å². The molecule has 5 heteroatoms. The van der Waals surface area contributed by atoms with Crippen LogP contribution in [0.1, 0.15) is 38.5 Å². The summed E-state index contributed by atoms with van der Waals surface area (Å²) >= 11 is 0. The van der Waals surface area contributed by atoms with E-state index < -0.39 is 5.82 Å². The molecule has 1 aromatic rings. The molecule has 0 heterocycles. The van der Waals surface area contributed by atoms with Crippen LogP contribution in [0.3, 0.4) is 0 Å². The Morgan fingerprint density at radius 1 is 1.10 bits per heavy atom. The van der Waals surface area contributed by atoms with Gasteiger partial charge in [0.25, 0.3) is 0 Å². The maximum absolute atomic E-state index is 13.4. The molecule has 116 valence electrons. The van der Waals surface area contributed by atoms with E-state index in [1.807, 2.05) is 0 Å². The molecule has 0 saturated heterocycles. The number of urea groups is 1. The molecule has 2 amide bonds. The van der Waals surface area contributed by atoms with Gasteiger partial charge in [0.05, 0.1) is 5.69 Å². The number of halogens is 1. The zero-order valence-corrected chi connectivity index (χ0v) is 12.3. The summed E-state index contributed by atoms with van der Waals surface area (Å²) in [6.07, 6.45) is 7.70. The van der Waals surface area contributed by atoms with Gasteiger partial charge in [0.1, 0.15) is 5.82 Å². The lowest BCUT2D eigenvalue weighted by atomic mass is 10.1. The van der Waals surface area contributed by atoms with Gasteiger partial charge in [-0.25, -0.2) is 9.18 Å². The Hall–Kier alpha value is -1.62. The number of amides is 2. The van der Waals surface area contributed by atoms with E-state index in [-0.39, 0.29) is 11.7 Å². The lowest BCUT2D eigenvalue weighted by Crippen LogP contribution is -2.38. The summed E-state index contributed by atoms with van der Waals surface area (Å²) < 4.78 is 13.4. The van der Waals surface area contributed by atoms with Crippen LogP contribution in [0.2, 0.25) is 0 Å². The number of rotatable bonds is 5. The van der Waals surface area contributed by atoms with Crippen LogP contribution in [-0.2, 0) is 0 Å². The van der Waals surface area contributed by atoms with Crippen LogP contribution >= 0.6 is 0 Å². The first-order valence-corrected chi connectivity index (χ1v) is 7.78. The minimum absolute atomic E-state index is 0.201. The lowest BCUT2D eigenvalue weighted by molar-refractivity contribution is 0.251. The number of anilines is 1. The Balaban J connectivity index is 1.62. The second-order valence-corrected chi connectivity index (χ2v) is 5.50. The third kappa shape index (κ3) is 5.71. The number of benzene rings is 1. The van der Waals surface area contributed by atoms with Gasteiger partial charge in [-0.3, -0.25) is 0 Å². The summed E-state index contributed by atoms with van der Waals surface area (Å²) in [5.41, 5.74) is 0.201. The molecule has 0 bridgehead atoms. The number of para-hydroxylation sites is 1. The van der Waals surface area contributed by atoms with Crippen molar-refractivity contribution in [3.05, 3.63) is 30.1 Å². The minimum atomic E-state index is -0.427. The highest BCUT2D eigenvalue weighted by Crippen LogP contribution is 2.16. The second-order valence-electron chi connectivity index (χ2n) is 5.50. The van der Waals surface area contributed by atoms with E-state index in [9.17, 15) is 9.18 Å². The number of nitrogens with one attached hydrogen (secondary N) is 3. The Kier molecular flexibility index (Phi) is 6.47. The molecule has 1 fully saturated rings. The van der Waals surface area contributed by atoms with E-state index in [1.54, 1.807) is 18.2 Å². The van der Waals surface area contributed by atoms with Crippen LogP contribution < -0.4 is 16.0 Å². The molecule has 0 unspecified atom stereocenters. The van der Waals surface area contributed by atoms with Gasteiger partial charge in [-0.1, -0.05) is 37.8 Å². The van der Waals surface area contributed by atoms with Crippen LogP contribution in [0.25, 0.3) is 0 Å². The molecule has 4 nitrogen and oxygen atoms in total. The minimum Gasteiger partial charge on any atom is -0.337 e. The highest BCUT2D eigenvalue weighted by molar-refractivity contribution is 5.89. The molecule has 0 spiro atoms. The van der Waals surface area contributed by atoms with Crippen molar-refractivity contribution < 1.29 is 9.18 Å². The van der Waals surface area contributed by atoms with E-state index >= 15 is 0 Å². The summed E-state index contributed by atoms with van der Waals surface area (Å²) in [4.78, 5) is 11.7. The van der Waals surface area contributed by atoms with Crippen LogP contribution in [0.5, 0.6) is 0 Å². The molecule has 0 atom stereocenters. The van der Waals surface area contributed by atoms with Gasteiger partial charge >= 0.3 is 6.03 Å². The average Bonchev–Trinajstić information content (AvgIpc) is 2.75. The average molecular weight is 293 g/mol. The molecule has 21 heavy (non-hydrogen) atoms. The SMILES string of the molecule is O=C(NCCNC1CCCCCC1)Nc1ccccc1F. The van der Waals surface area contributed by atoms with E-state index in [4.69, 9.17) is 0 Å². The number of carbonyl (C=O) groups excluding carboxylic acids is 1. The molecule has 1 aliphatic rings. The topological polar surface area (TPSA) is 53.2 Å². The first-order chi connectivity index (χ1) is 10.3. The molecule has 1 saturated carbocycles. The fourth-order valence-electron chi connectivity index (χ4n) is 2.66. The Labute approximate surface area is 125 Å². The third-order valence-electron chi connectivity index (χ3n) is 3.82. The van der Waals surface area contributed by atoms with Gasteiger partial charge in [0, 0.05) is 19.1 Å². The molecule has 2 rings (SSSR count). The smallest absolute Gasteiger partial charge is 0.319 e. The van der Waals surface area contributed by atoms with E-state index in [1.165, 1.54) is 44.6 Å².